The molecule has 2 rings (SSSR count). The molecular weight excluding hydrogens is 287 g/mol. The molecule has 2 N–H and O–H groups in total. The molecule has 0 unspecified atom stereocenters. The number of hydrogen-bond acceptors (Lipinski definition) is 3. The minimum atomic E-state index is -0.877. The normalized spacial score (nSPS) is 25.9. The Hall–Kier alpha value is -0.320. The van der Waals surface area contributed by atoms with Gasteiger partial charge in [-0.2, -0.15) is 0 Å². The Morgan fingerprint density at radius 1 is 1.26 bits per heavy atom. The lowest BCUT2D eigenvalue weighted by Crippen LogP contribution is -2.36. The third kappa shape index (κ3) is 3.61. The highest BCUT2D eigenvalue weighted by Crippen LogP contribution is 2.35. The lowest BCUT2D eigenvalue weighted by Gasteiger charge is -2.28. The van der Waals surface area contributed by atoms with Gasteiger partial charge in [-0.15, -0.1) is 0 Å². The van der Waals surface area contributed by atoms with Gasteiger partial charge < -0.3 is 14.9 Å². The van der Waals surface area contributed by atoms with Crippen LogP contribution in [0, 0.1) is 0 Å². The third-order valence-electron chi connectivity index (χ3n) is 3.55. The molecule has 1 aliphatic rings. The van der Waals surface area contributed by atoms with E-state index in [0.717, 1.165) is 24.8 Å². The van der Waals surface area contributed by atoms with Crippen LogP contribution in [-0.4, -0.2) is 35.6 Å². The number of hydrogen-bond donors (Lipinski definition) is 2. The second-order valence-electron chi connectivity index (χ2n) is 4.86. The Kier molecular flexibility index (Phi) is 5.48. The largest absolute Gasteiger partial charge is 0.394 e. The second-order valence-corrected chi connectivity index (χ2v) is 5.68. The number of aliphatic hydroxyl groups excluding tert-OH is 2. The van der Waals surface area contributed by atoms with Crippen LogP contribution in [0.15, 0.2) is 18.2 Å². The lowest BCUT2D eigenvalue weighted by molar-refractivity contribution is -0.0641. The highest BCUT2D eigenvalue weighted by Gasteiger charge is 2.31. The van der Waals surface area contributed by atoms with Crippen molar-refractivity contribution in [1.82, 2.24) is 0 Å². The number of halogens is 2. The van der Waals surface area contributed by atoms with Gasteiger partial charge in [-0.1, -0.05) is 35.7 Å². The predicted molar refractivity (Wildman–Crippen MR) is 75.9 cm³/mol. The molecule has 1 aromatic rings. The molecule has 19 heavy (non-hydrogen) atoms. The van der Waals surface area contributed by atoms with Gasteiger partial charge in [0, 0.05) is 12.5 Å². The molecule has 0 bridgehead atoms. The first-order valence-corrected chi connectivity index (χ1v) is 7.24. The van der Waals surface area contributed by atoms with Gasteiger partial charge >= 0.3 is 0 Å². The summed E-state index contributed by atoms with van der Waals surface area (Å²) in [6, 6.07) is 5.48. The summed E-state index contributed by atoms with van der Waals surface area (Å²) in [7, 11) is 0. The second kappa shape index (κ2) is 6.91. The number of ether oxygens (including phenoxy) is 1. The van der Waals surface area contributed by atoms with Gasteiger partial charge in [0.1, 0.15) is 6.10 Å². The topological polar surface area (TPSA) is 49.7 Å². The van der Waals surface area contributed by atoms with Gasteiger partial charge in [0.2, 0.25) is 0 Å². The van der Waals surface area contributed by atoms with Crippen molar-refractivity contribution >= 4 is 23.2 Å². The summed E-state index contributed by atoms with van der Waals surface area (Å²) in [5, 5.41) is 20.1. The highest BCUT2D eigenvalue weighted by atomic mass is 35.5. The SMILES string of the molecule is OC[C@H](O)[C@H]1OCCCC[C@@H]1c1ccc(Cl)c(Cl)c1. The molecule has 3 atom stereocenters. The van der Waals surface area contributed by atoms with E-state index in [1.165, 1.54) is 0 Å². The van der Waals surface area contributed by atoms with Crippen molar-refractivity contribution in [2.24, 2.45) is 0 Å². The van der Waals surface area contributed by atoms with E-state index in [2.05, 4.69) is 0 Å². The molecule has 5 heteroatoms. The quantitative estimate of drug-likeness (QED) is 0.902. The van der Waals surface area contributed by atoms with Crippen LogP contribution in [0.3, 0.4) is 0 Å². The van der Waals surface area contributed by atoms with Gasteiger partial charge in [0.25, 0.3) is 0 Å². The highest BCUT2D eigenvalue weighted by molar-refractivity contribution is 6.42. The monoisotopic (exact) mass is 304 g/mol. The predicted octanol–water partition coefficient (Wildman–Crippen LogP) is 3.00. The van der Waals surface area contributed by atoms with E-state index in [1.807, 2.05) is 12.1 Å². The molecule has 1 fully saturated rings. The Balaban J connectivity index is 2.28. The molecule has 0 aromatic heterocycles. The first-order valence-electron chi connectivity index (χ1n) is 6.49. The van der Waals surface area contributed by atoms with E-state index in [4.69, 9.17) is 33.0 Å². The average Bonchev–Trinajstić information content (AvgIpc) is 2.66. The minimum absolute atomic E-state index is 0.0272. The summed E-state index contributed by atoms with van der Waals surface area (Å²) < 4.78 is 5.71. The van der Waals surface area contributed by atoms with Crippen LogP contribution in [0.5, 0.6) is 0 Å². The summed E-state index contributed by atoms with van der Waals surface area (Å²) in [6.07, 6.45) is 1.62. The van der Waals surface area contributed by atoms with Crippen molar-refractivity contribution in [1.29, 1.82) is 0 Å². The summed E-state index contributed by atoms with van der Waals surface area (Å²) in [6.45, 7) is 0.308. The first-order chi connectivity index (χ1) is 9.13. The molecular formula is C14H18Cl2O3. The molecule has 0 spiro atoms. The number of rotatable bonds is 3. The van der Waals surface area contributed by atoms with E-state index in [-0.39, 0.29) is 12.5 Å². The van der Waals surface area contributed by atoms with Crippen LogP contribution >= 0.6 is 23.2 Å². The maximum atomic E-state index is 9.93. The summed E-state index contributed by atoms with van der Waals surface area (Å²) >= 11 is 12.0. The molecule has 1 heterocycles. The number of aliphatic hydroxyl groups is 2. The zero-order valence-electron chi connectivity index (χ0n) is 10.6. The van der Waals surface area contributed by atoms with E-state index in [9.17, 15) is 5.11 Å². The third-order valence-corrected chi connectivity index (χ3v) is 4.29. The van der Waals surface area contributed by atoms with Gasteiger partial charge in [-0.05, 0) is 30.5 Å². The molecule has 0 amide bonds. The van der Waals surface area contributed by atoms with Crippen molar-refractivity contribution in [2.75, 3.05) is 13.2 Å². The standard InChI is InChI=1S/C14H18Cl2O3/c15-11-5-4-9(7-12(11)16)10-3-1-2-6-19-14(10)13(18)8-17/h4-5,7,10,13-14,17-18H,1-3,6,8H2/t10-,13+,14+/m1/s1. The van der Waals surface area contributed by atoms with Gasteiger partial charge in [0.15, 0.2) is 0 Å². The van der Waals surface area contributed by atoms with Crippen molar-refractivity contribution in [3.05, 3.63) is 33.8 Å². The Bertz CT molecular complexity index is 425. The Morgan fingerprint density at radius 2 is 2.05 bits per heavy atom. The van der Waals surface area contributed by atoms with Gasteiger partial charge in [0.05, 0.1) is 22.8 Å². The minimum Gasteiger partial charge on any atom is -0.394 e. The molecule has 1 saturated heterocycles. The van der Waals surface area contributed by atoms with Crippen molar-refractivity contribution in [3.8, 4) is 0 Å². The molecule has 1 aliphatic heterocycles. The zero-order chi connectivity index (χ0) is 13.8. The van der Waals surface area contributed by atoms with Gasteiger partial charge in [-0.3, -0.25) is 0 Å². The Morgan fingerprint density at radius 3 is 2.74 bits per heavy atom. The summed E-state index contributed by atoms with van der Waals surface area (Å²) in [5.41, 5.74) is 0.994. The molecule has 0 saturated carbocycles. The van der Waals surface area contributed by atoms with E-state index in [0.29, 0.717) is 16.7 Å². The maximum Gasteiger partial charge on any atom is 0.104 e. The smallest absolute Gasteiger partial charge is 0.104 e. The van der Waals surface area contributed by atoms with E-state index >= 15 is 0 Å². The van der Waals surface area contributed by atoms with E-state index in [1.54, 1.807) is 6.07 Å². The zero-order valence-corrected chi connectivity index (χ0v) is 12.1. The summed E-state index contributed by atoms with van der Waals surface area (Å²) in [4.78, 5) is 0. The van der Waals surface area contributed by atoms with Crippen molar-refractivity contribution in [3.63, 3.8) is 0 Å². The molecule has 0 aliphatic carbocycles. The average molecular weight is 305 g/mol. The van der Waals surface area contributed by atoms with Crippen LogP contribution < -0.4 is 0 Å². The molecule has 1 aromatic carbocycles. The van der Waals surface area contributed by atoms with Crippen molar-refractivity contribution in [2.45, 2.75) is 37.4 Å². The molecule has 3 nitrogen and oxygen atoms in total. The Labute approximate surface area is 123 Å². The van der Waals surface area contributed by atoms with E-state index < -0.39 is 12.2 Å². The molecule has 106 valence electrons. The van der Waals surface area contributed by atoms with Crippen LogP contribution in [0.25, 0.3) is 0 Å². The van der Waals surface area contributed by atoms with Crippen LogP contribution in [-0.2, 0) is 4.74 Å². The van der Waals surface area contributed by atoms with Crippen LogP contribution in [0.4, 0.5) is 0 Å². The fraction of sp³-hybridized carbons (Fsp3) is 0.571. The molecule has 0 radical (unpaired) electrons. The van der Waals surface area contributed by atoms with Crippen molar-refractivity contribution < 1.29 is 14.9 Å². The first kappa shape index (κ1) is 15.1. The van der Waals surface area contributed by atoms with Gasteiger partial charge in [-0.25, -0.2) is 0 Å². The fourth-order valence-corrected chi connectivity index (χ4v) is 2.86. The summed E-state index contributed by atoms with van der Waals surface area (Å²) in [5.74, 6) is 0.0272. The lowest BCUT2D eigenvalue weighted by atomic mass is 9.87. The maximum absolute atomic E-state index is 9.93. The number of benzene rings is 1. The van der Waals surface area contributed by atoms with Crippen LogP contribution in [0.2, 0.25) is 10.0 Å². The van der Waals surface area contributed by atoms with Crippen LogP contribution in [0.1, 0.15) is 30.7 Å². The fourth-order valence-electron chi connectivity index (χ4n) is 2.55.